The van der Waals surface area contributed by atoms with Crippen molar-refractivity contribution in [3.63, 3.8) is 0 Å². The Morgan fingerprint density at radius 1 is 0.857 bits per heavy atom. The second-order valence-electron chi connectivity index (χ2n) is 4.61. The minimum atomic E-state index is 0.880. The molecule has 0 aromatic carbocycles. The van der Waals surface area contributed by atoms with Gasteiger partial charge in [-0.3, -0.25) is 0 Å². The Hall–Kier alpha value is -0.440. The van der Waals surface area contributed by atoms with E-state index in [1.165, 1.54) is 51.4 Å². The van der Waals surface area contributed by atoms with Crippen LogP contribution in [-0.2, 0) is 0 Å². The first kappa shape index (κ1) is 13.6. The lowest BCUT2D eigenvalue weighted by Crippen LogP contribution is -1.87. The highest BCUT2D eigenvalue weighted by Gasteiger charge is 1.94. The Labute approximate surface area is 90.5 Å². The lowest BCUT2D eigenvalue weighted by atomic mass is 10.0. The van der Waals surface area contributed by atoms with E-state index < -0.39 is 0 Å². The predicted octanol–water partition coefficient (Wildman–Crippen LogP) is 4.79. The first-order valence-corrected chi connectivity index (χ1v) is 6.21. The van der Waals surface area contributed by atoms with E-state index in [4.69, 9.17) is 6.42 Å². The summed E-state index contributed by atoms with van der Waals surface area (Å²) in [7, 11) is 0. The average Bonchev–Trinajstić information content (AvgIpc) is 2.15. The molecule has 0 saturated carbocycles. The molecule has 82 valence electrons. The summed E-state index contributed by atoms with van der Waals surface area (Å²) in [6.45, 7) is 4.61. The van der Waals surface area contributed by atoms with E-state index in [0.29, 0.717) is 0 Å². The zero-order valence-electron chi connectivity index (χ0n) is 10.0. The third kappa shape index (κ3) is 11.6. The van der Waals surface area contributed by atoms with Crippen LogP contribution in [-0.4, -0.2) is 0 Å². The van der Waals surface area contributed by atoms with Crippen molar-refractivity contribution in [2.45, 2.75) is 71.6 Å². The predicted molar refractivity (Wildman–Crippen MR) is 65.2 cm³/mol. The monoisotopic (exact) mass is 194 g/mol. The van der Waals surface area contributed by atoms with E-state index in [0.717, 1.165) is 12.3 Å². The highest BCUT2D eigenvalue weighted by atomic mass is 14.0. The molecule has 0 aliphatic rings. The minimum Gasteiger partial charge on any atom is -0.120 e. The van der Waals surface area contributed by atoms with Crippen molar-refractivity contribution in [3.8, 4) is 12.3 Å². The van der Waals surface area contributed by atoms with Crippen LogP contribution in [0.25, 0.3) is 0 Å². The molecule has 0 nitrogen and oxygen atoms in total. The topological polar surface area (TPSA) is 0 Å². The third-order valence-electron chi connectivity index (χ3n) is 2.60. The fourth-order valence-electron chi connectivity index (χ4n) is 1.66. The highest BCUT2D eigenvalue weighted by Crippen LogP contribution is 2.12. The van der Waals surface area contributed by atoms with Gasteiger partial charge in [-0.05, 0) is 12.3 Å². The molecule has 0 rings (SSSR count). The summed E-state index contributed by atoms with van der Waals surface area (Å²) in [4.78, 5) is 0. The molecule has 0 heteroatoms. The summed E-state index contributed by atoms with van der Waals surface area (Å²) in [5.74, 6) is 3.57. The van der Waals surface area contributed by atoms with Gasteiger partial charge in [0.15, 0.2) is 0 Å². The van der Waals surface area contributed by atoms with Crippen molar-refractivity contribution in [2.24, 2.45) is 5.92 Å². The molecule has 0 aromatic heterocycles. The van der Waals surface area contributed by atoms with Gasteiger partial charge in [-0.15, -0.1) is 12.3 Å². The van der Waals surface area contributed by atoms with Gasteiger partial charge in [0.25, 0.3) is 0 Å². The maximum atomic E-state index is 5.19. The largest absolute Gasteiger partial charge is 0.120 e. The Morgan fingerprint density at radius 3 is 1.86 bits per heavy atom. The standard InChI is InChI=1S/C14H26/c1-4-5-6-7-8-9-10-11-12-13-14(2)3/h1,14H,5-13H2,2-3H3. The molecule has 0 radical (unpaired) electrons. The molecule has 0 aromatic rings. The molecular formula is C14H26. The van der Waals surface area contributed by atoms with E-state index in [9.17, 15) is 0 Å². The van der Waals surface area contributed by atoms with Crippen LogP contribution in [0, 0.1) is 18.3 Å². The van der Waals surface area contributed by atoms with E-state index in [2.05, 4.69) is 19.8 Å². The van der Waals surface area contributed by atoms with Crippen molar-refractivity contribution < 1.29 is 0 Å². The van der Waals surface area contributed by atoms with Gasteiger partial charge in [-0.2, -0.15) is 0 Å². The summed E-state index contributed by atoms with van der Waals surface area (Å²) in [5, 5.41) is 0. The van der Waals surface area contributed by atoms with Crippen molar-refractivity contribution in [3.05, 3.63) is 0 Å². The van der Waals surface area contributed by atoms with Crippen LogP contribution in [0.3, 0.4) is 0 Å². The summed E-state index contributed by atoms with van der Waals surface area (Å²) < 4.78 is 0. The van der Waals surface area contributed by atoms with E-state index >= 15 is 0 Å². The summed E-state index contributed by atoms with van der Waals surface area (Å²) in [5.41, 5.74) is 0. The van der Waals surface area contributed by atoms with Crippen LogP contribution >= 0.6 is 0 Å². The van der Waals surface area contributed by atoms with Gasteiger partial charge >= 0.3 is 0 Å². The van der Waals surface area contributed by atoms with Crippen LogP contribution in [0.5, 0.6) is 0 Å². The van der Waals surface area contributed by atoms with E-state index in [-0.39, 0.29) is 0 Å². The average molecular weight is 194 g/mol. The fourth-order valence-corrected chi connectivity index (χ4v) is 1.66. The number of terminal acetylenes is 1. The summed E-state index contributed by atoms with van der Waals surface area (Å²) in [6.07, 6.45) is 17.2. The molecule has 0 atom stereocenters. The highest BCUT2D eigenvalue weighted by molar-refractivity contribution is 4.82. The number of rotatable bonds is 9. The van der Waals surface area contributed by atoms with Crippen LogP contribution < -0.4 is 0 Å². The molecule has 0 amide bonds. The molecule has 0 fully saturated rings. The lowest BCUT2D eigenvalue weighted by Gasteiger charge is -2.03. The molecule has 0 N–H and O–H groups in total. The Kier molecular flexibility index (Phi) is 10.3. The molecular weight excluding hydrogens is 168 g/mol. The summed E-state index contributed by atoms with van der Waals surface area (Å²) >= 11 is 0. The van der Waals surface area contributed by atoms with Gasteiger partial charge in [-0.1, -0.05) is 58.8 Å². The van der Waals surface area contributed by atoms with Gasteiger partial charge in [0, 0.05) is 6.42 Å². The van der Waals surface area contributed by atoms with Crippen LogP contribution in [0.1, 0.15) is 71.6 Å². The van der Waals surface area contributed by atoms with Gasteiger partial charge in [0.05, 0.1) is 0 Å². The molecule has 0 saturated heterocycles. The van der Waals surface area contributed by atoms with Gasteiger partial charge in [-0.25, -0.2) is 0 Å². The SMILES string of the molecule is C#CCCCCCCCCCC(C)C. The van der Waals surface area contributed by atoms with E-state index in [1.807, 2.05) is 0 Å². The van der Waals surface area contributed by atoms with Crippen molar-refractivity contribution in [1.82, 2.24) is 0 Å². The molecule has 0 heterocycles. The van der Waals surface area contributed by atoms with Gasteiger partial charge in [0.1, 0.15) is 0 Å². The van der Waals surface area contributed by atoms with Crippen molar-refractivity contribution in [1.29, 1.82) is 0 Å². The quantitative estimate of drug-likeness (QED) is 0.366. The molecule has 0 bridgehead atoms. The number of hydrogen-bond acceptors (Lipinski definition) is 0. The van der Waals surface area contributed by atoms with Gasteiger partial charge in [0.2, 0.25) is 0 Å². The molecule has 0 aliphatic heterocycles. The van der Waals surface area contributed by atoms with Gasteiger partial charge < -0.3 is 0 Å². The third-order valence-corrected chi connectivity index (χ3v) is 2.60. The van der Waals surface area contributed by atoms with Crippen LogP contribution in [0.4, 0.5) is 0 Å². The second-order valence-corrected chi connectivity index (χ2v) is 4.61. The zero-order valence-corrected chi connectivity index (χ0v) is 10.0. The second kappa shape index (κ2) is 10.6. The summed E-state index contributed by atoms with van der Waals surface area (Å²) in [6, 6.07) is 0. The minimum absolute atomic E-state index is 0.880. The smallest absolute Gasteiger partial charge is 0.00860 e. The Morgan fingerprint density at radius 2 is 1.36 bits per heavy atom. The molecule has 14 heavy (non-hydrogen) atoms. The Balaban J connectivity index is 2.89. The maximum absolute atomic E-state index is 5.19. The van der Waals surface area contributed by atoms with E-state index in [1.54, 1.807) is 0 Å². The first-order chi connectivity index (χ1) is 6.77. The lowest BCUT2D eigenvalue weighted by molar-refractivity contribution is 0.510. The van der Waals surface area contributed by atoms with Crippen LogP contribution in [0.2, 0.25) is 0 Å². The van der Waals surface area contributed by atoms with Crippen molar-refractivity contribution >= 4 is 0 Å². The maximum Gasteiger partial charge on any atom is 0.00860 e. The molecule has 0 aliphatic carbocycles. The first-order valence-electron chi connectivity index (χ1n) is 6.21. The normalized spacial score (nSPS) is 10.4. The molecule has 0 unspecified atom stereocenters. The molecule has 0 spiro atoms. The van der Waals surface area contributed by atoms with Crippen molar-refractivity contribution in [2.75, 3.05) is 0 Å². The zero-order chi connectivity index (χ0) is 10.6. The Bertz CT molecular complexity index is 139. The number of hydrogen-bond donors (Lipinski definition) is 0. The number of unbranched alkanes of at least 4 members (excludes halogenated alkanes) is 7. The fraction of sp³-hybridized carbons (Fsp3) is 0.857. The van der Waals surface area contributed by atoms with Crippen LogP contribution in [0.15, 0.2) is 0 Å².